The predicted octanol–water partition coefficient (Wildman–Crippen LogP) is 2.24. The zero-order valence-electron chi connectivity index (χ0n) is 7.89. The molecule has 0 radical (unpaired) electrons. The second kappa shape index (κ2) is 4.57. The quantitative estimate of drug-likeness (QED) is 0.811. The van der Waals surface area contributed by atoms with Gasteiger partial charge in [-0.3, -0.25) is 9.59 Å². The van der Waals surface area contributed by atoms with Crippen LogP contribution in [-0.4, -0.2) is 11.7 Å². The lowest BCUT2D eigenvalue weighted by atomic mass is 10.2. The molecule has 0 aromatic carbocycles. The van der Waals surface area contributed by atoms with Gasteiger partial charge < -0.3 is 5.32 Å². The molecule has 0 fully saturated rings. The number of amides is 1. The van der Waals surface area contributed by atoms with Crippen molar-refractivity contribution in [1.29, 1.82) is 0 Å². The van der Waals surface area contributed by atoms with E-state index in [0.717, 1.165) is 4.88 Å². The fraction of sp³-hybridized carbons (Fsp3) is 0.333. The van der Waals surface area contributed by atoms with Gasteiger partial charge in [-0.05, 0) is 13.0 Å². The number of rotatable bonds is 3. The first-order valence-corrected chi connectivity index (χ1v) is 5.23. The highest BCUT2D eigenvalue weighted by Crippen LogP contribution is 2.26. The minimum Gasteiger partial charge on any atom is -0.351 e. The largest absolute Gasteiger partial charge is 0.351 e. The first kappa shape index (κ1) is 11.2. The van der Waals surface area contributed by atoms with Crippen LogP contribution >= 0.6 is 22.9 Å². The highest BCUT2D eigenvalue weighted by atomic mass is 35.5. The minimum absolute atomic E-state index is 0.0338. The van der Waals surface area contributed by atoms with Crippen LogP contribution in [0.3, 0.4) is 0 Å². The van der Waals surface area contributed by atoms with Gasteiger partial charge in [-0.25, -0.2) is 0 Å². The number of nitrogens with one attached hydrogen (secondary N) is 1. The monoisotopic (exact) mass is 231 g/mol. The zero-order valence-corrected chi connectivity index (χ0v) is 9.46. The van der Waals surface area contributed by atoms with Crippen molar-refractivity contribution in [3.63, 3.8) is 0 Å². The van der Waals surface area contributed by atoms with Crippen LogP contribution in [0.4, 0.5) is 0 Å². The molecule has 1 heterocycles. The number of carbonyl (C=O) groups is 2. The number of ketones is 1. The molecule has 1 N–H and O–H groups in total. The smallest absolute Gasteiger partial charge is 0.217 e. The second-order valence-electron chi connectivity index (χ2n) is 2.85. The molecule has 1 rings (SSSR count). The van der Waals surface area contributed by atoms with Gasteiger partial charge in [0.15, 0.2) is 5.78 Å². The average Bonchev–Trinajstić information content (AvgIpc) is 2.43. The summed E-state index contributed by atoms with van der Waals surface area (Å²) in [7, 11) is 0. The van der Waals surface area contributed by atoms with Crippen molar-refractivity contribution in [1.82, 2.24) is 5.32 Å². The standard InChI is InChI=1S/C9H10ClNO2S/c1-5(12)7-3-9(10)14-8(7)4-11-6(2)13/h3H,4H2,1-2H3,(H,11,13). The summed E-state index contributed by atoms with van der Waals surface area (Å²) in [5, 5.41) is 2.63. The van der Waals surface area contributed by atoms with Crippen molar-refractivity contribution in [2.75, 3.05) is 0 Å². The SMILES string of the molecule is CC(=O)NCc1sc(Cl)cc1C(C)=O. The van der Waals surface area contributed by atoms with Crippen LogP contribution in [0.25, 0.3) is 0 Å². The number of hydrogen-bond donors (Lipinski definition) is 1. The van der Waals surface area contributed by atoms with Crippen LogP contribution in [0.2, 0.25) is 4.34 Å². The molecule has 5 heteroatoms. The van der Waals surface area contributed by atoms with E-state index in [1.807, 2.05) is 0 Å². The van der Waals surface area contributed by atoms with Crippen molar-refractivity contribution < 1.29 is 9.59 Å². The third-order valence-electron chi connectivity index (χ3n) is 1.66. The lowest BCUT2D eigenvalue weighted by molar-refractivity contribution is -0.119. The first-order chi connectivity index (χ1) is 6.50. The second-order valence-corrected chi connectivity index (χ2v) is 4.62. The van der Waals surface area contributed by atoms with E-state index in [0.29, 0.717) is 16.4 Å². The zero-order chi connectivity index (χ0) is 10.7. The lowest BCUT2D eigenvalue weighted by Crippen LogP contribution is -2.19. The third-order valence-corrected chi connectivity index (χ3v) is 2.92. The Morgan fingerprint density at radius 3 is 2.64 bits per heavy atom. The van der Waals surface area contributed by atoms with E-state index in [-0.39, 0.29) is 11.7 Å². The van der Waals surface area contributed by atoms with E-state index in [1.54, 1.807) is 6.07 Å². The maximum atomic E-state index is 11.2. The Balaban J connectivity index is 2.84. The van der Waals surface area contributed by atoms with E-state index in [4.69, 9.17) is 11.6 Å². The summed E-state index contributed by atoms with van der Waals surface area (Å²) in [6.45, 7) is 3.28. The van der Waals surface area contributed by atoms with Gasteiger partial charge in [0, 0.05) is 17.4 Å². The fourth-order valence-electron chi connectivity index (χ4n) is 1.03. The summed E-state index contributed by atoms with van der Waals surface area (Å²) in [5.41, 5.74) is 0.591. The van der Waals surface area contributed by atoms with E-state index in [2.05, 4.69) is 5.32 Å². The van der Waals surface area contributed by atoms with Crippen molar-refractivity contribution in [2.45, 2.75) is 20.4 Å². The molecule has 1 amide bonds. The van der Waals surface area contributed by atoms with Crippen LogP contribution in [0, 0.1) is 0 Å². The Hall–Kier alpha value is -0.870. The first-order valence-electron chi connectivity index (χ1n) is 4.04. The Kier molecular flexibility index (Phi) is 3.66. The van der Waals surface area contributed by atoms with Crippen LogP contribution in [0.5, 0.6) is 0 Å². The molecular weight excluding hydrogens is 222 g/mol. The summed E-state index contributed by atoms with van der Waals surface area (Å²) in [4.78, 5) is 22.6. The highest BCUT2D eigenvalue weighted by molar-refractivity contribution is 7.16. The maximum Gasteiger partial charge on any atom is 0.217 e. The van der Waals surface area contributed by atoms with Gasteiger partial charge in [-0.2, -0.15) is 0 Å². The Labute approximate surface area is 91.1 Å². The molecule has 3 nitrogen and oxygen atoms in total. The van der Waals surface area contributed by atoms with Crippen molar-refractivity contribution in [3.05, 3.63) is 20.8 Å². The summed E-state index contributed by atoms with van der Waals surface area (Å²) in [6.07, 6.45) is 0. The highest BCUT2D eigenvalue weighted by Gasteiger charge is 2.11. The molecule has 76 valence electrons. The van der Waals surface area contributed by atoms with E-state index < -0.39 is 0 Å². The van der Waals surface area contributed by atoms with Crippen molar-refractivity contribution >= 4 is 34.6 Å². The van der Waals surface area contributed by atoms with Crippen LogP contribution in [0.15, 0.2) is 6.07 Å². The van der Waals surface area contributed by atoms with Gasteiger partial charge in [-0.1, -0.05) is 11.6 Å². The molecule has 0 aliphatic heterocycles. The van der Waals surface area contributed by atoms with Gasteiger partial charge in [0.25, 0.3) is 0 Å². The normalized spacial score (nSPS) is 9.93. The number of thiophene rings is 1. The third kappa shape index (κ3) is 2.82. The molecule has 0 saturated carbocycles. The minimum atomic E-state index is -0.121. The summed E-state index contributed by atoms with van der Waals surface area (Å²) < 4.78 is 0.565. The molecule has 0 atom stereocenters. The number of Topliss-reactive ketones (excluding diaryl/α,β-unsaturated/α-hetero) is 1. The molecule has 0 aliphatic carbocycles. The topological polar surface area (TPSA) is 46.2 Å². The van der Waals surface area contributed by atoms with Gasteiger partial charge in [-0.15, -0.1) is 11.3 Å². The molecule has 14 heavy (non-hydrogen) atoms. The number of halogens is 1. The summed E-state index contributed by atoms with van der Waals surface area (Å²) in [5.74, 6) is -0.155. The molecule has 0 bridgehead atoms. The predicted molar refractivity (Wildman–Crippen MR) is 56.9 cm³/mol. The van der Waals surface area contributed by atoms with Gasteiger partial charge in [0.05, 0.1) is 10.9 Å². The van der Waals surface area contributed by atoms with Crippen molar-refractivity contribution in [2.24, 2.45) is 0 Å². The van der Waals surface area contributed by atoms with Gasteiger partial charge in [0.1, 0.15) is 0 Å². The molecule has 0 unspecified atom stereocenters. The lowest BCUT2D eigenvalue weighted by Gasteiger charge is -2.00. The van der Waals surface area contributed by atoms with E-state index >= 15 is 0 Å². The van der Waals surface area contributed by atoms with Crippen LogP contribution in [-0.2, 0) is 11.3 Å². The molecule has 1 aromatic heterocycles. The fourth-order valence-corrected chi connectivity index (χ4v) is 2.29. The van der Waals surface area contributed by atoms with Crippen LogP contribution < -0.4 is 5.32 Å². The Morgan fingerprint density at radius 2 is 2.14 bits per heavy atom. The van der Waals surface area contributed by atoms with E-state index in [1.165, 1.54) is 25.2 Å². The average molecular weight is 232 g/mol. The molecule has 1 aromatic rings. The summed E-state index contributed by atoms with van der Waals surface area (Å²) >= 11 is 7.09. The van der Waals surface area contributed by atoms with Gasteiger partial charge in [0.2, 0.25) is 5.91 Å². The summed E-state index contributed by atoms with van der Waals surface area (Å²) in [6, 6.07) is 1.63. The van der Waals surface area contributed by atoms with Crippen LogP contribution in [0.1, 0.15) is 29.1 Å². The van der Waals surface area contributed by atoms with Crippen molar-refractivity contribution in [3.8, 4) is 0 Å². The molecule has 0 aliphatic rings. The van der Waals surface area contributed by atoms with E-state index in [9.17, 15) is 9.59 Å². The maximum absolute atomic E-state index is 11.2. The molecule has 0 spiro atoms. The molecule has 0 saturated heterocycles. The number of carbonyl (C=O) groups excluding carboxylic acids is 2. The number of hydrogen-bond acceptors (Lipinski definition) is 3. The molecular formula is C9H10ClNO2S. The Morgan fingerprint density at radius 1 is 1.50 bits per heavy atom. The Bertz CT molecular complexity index is 373. The van der Waals surface area contributed by atoms with Gasteiger partial charge >= 0.3 is 0 Å².